The fourth-order valence-electron chi connectivity index (χ4n) is 3.44. The first-order chi connectivity index (χ1) is 10.2. The molecule has 0 saturated carbocycles. The average Bonchev–Trinajstić information content (AvgIpc) is 3.12. The Balaban J connectivity index is 1.77. The standard InChI is InChI=1S/C18H17BrO2/c19-15-9-14-6-7-21-18(14)16(10-15)17(20)13-5-4-11-2-1-3-12(11)8-13/h4-5,8-10,17,20H,1-3,6-7H2. The summed E-state index contributed by atoms with van der Waals surface area (Å²) in [5, 5.41) is 10.8. The van der Waals surface area contributed by atoms with Crippen LogP contribution >= 0.6 is 15.9 Å². The van der Waals surface area contributed by atoms with Crippen LogP contribution in [0, 0.1) is 0 Å². The lowest BCUT2D eigenvalue weighted by atomic mass is 9.96. The zero-order chi connectivity index (χ0) is 14.4. The van der Waals surface area contributed by atoms with E-state index >= 15 is 0 Å². The van der Waals surface area contributed by atoms with Gasteiger partial charge in [-0.25, -0.2) is 0 Å². The van der Waals surface area contributed by atoms with Crippen LogP contribution in [0.4, 0.5) is 0 Å². The fraction of sp³-hybridized carbons (Fsp3) is 0.333. The SMILES string of the molecule is OC(c1ccc2c(c1)CCC2)c1cc(Br)cc2c1OCC2. The highest BCUT2D eigenvalue weighted by molar-refractivity contribution is 9.10. The Morgan fingerprint density at radius 1 is 1.00 bits per heavy atom. The van der Waals surface area contributed by atoms with Gasteiger partial charge in [0.2, 0.25) is 0 Å². The number of hydrogen-bond acceptors (Lipinski definition) is 2. The second-order valence-electron chi connectivity index (χ2n) is 5.87. The smallest absolute Gasteiger partial charge is 0.128 e. The van der Waals surface area contributed by atoms with Crippen LogP contribution in [0.15, 0.2) is 34.8 Å². The third-order valence-corrected chi connectivity index (χ3v) is 4.97. The molecule has 0 spiro atoms. The maximum atomic E-state index is 10.8. The highest BCUT2D eigenvalue weighted by Gasteiger charge is 2.24. The monoisotopic (exact) mass is 344 g/mol. The Labute approximate surface area is 132 Å². The maximum absolute atomic E-state index is 10.8. The Morgan fingerprint density at radius 3 is 2.76 bits per heavy atom. The van der Waals surface area contributed by atoms with Crippen molar-refractivity contribution in [2.45, 2.75) is 31.8 Å². The Morgan fingerprint density at radius 2 is 1.86 bits per heavy atom. The molecule has 1 unspecified atom stereocenters. The summed E-state index contributed by atoms with van der Waals surface area (Å²) in [6, 6.07) is 10.4. The van der Waals surface area contributed by atoms with Gasteiger partial charge in [-0.1, -0.05) is 34.1 Å². The first-order valence-electron chi connectivity index (χ1n) is 7.47. The van der Waals surface area contributed by atoms with Crippen LogP contribution < -0.4 is 4.74 Å². The Hall–Kier alpha value is -1.32. The number of aliphatic hydroxyl groups is 1. The van der Waals surface area contributed by atoms with Gasteiger partial charge in [0.25, 0.3) is 0 Å². The van der Waals surface area contributed by atoms with Gasteiger partial charge in [-0.2, -0.15) is 0 Å². The van der Waals surface area contributed by atoms with E-state index in [1.165, 1.54) is 29.5 Å². The van der Waals surface area contributed by atoms with E-state index in [0.29, 0.717) is 6.61 Å². The van der Waals surface area contributed by atoms with Crippen molar-refractivity contribution in [2.75, 3.05) is 6.61 Å². The summed E-state index contributed by atoms with van der Waals surface area (Å²) in [4.78, 5) is 0. The molecule has 3 heteroatoms. The van der Waals surface area contributed by atoms with Crippen LogP contribution in [0.1, 0.15) is 40.3 Å². The fourth-order valence-corrected chi connectivity index (χ4v) is 3.97. The van der Waals surface area contributed by atoms with Gasteiger partial charge in [0.15, 0.2) is 0 Å². The predicted molar refractivity (Wildman–Crippen MR) is 85.9 cm³/mol. The average molecular weight is 345 g/mol. The minimum Gasteiger partial charge on any atom is -0.493 e. The number of benzene rings is 2. The maximum Gasteiger partial charge on any atom is 0.128 e. The van der Waals surface area contributed by atoms with Crippen molar-refractivity contribution in [3.05, 3.63) is 62.6 Å². The van der Waals surface area contributed by atoms with E-state index in [-0.39, 0.29) is 0 Å². The summed E-state index contributed by atoms with van der Waals surface area (Å²) >= 11 is 3.54. The molecule has 0 aromatic heterocycles. The van der Waals surface area contributed by atoms with Gasteiger partial charge in [0.1, 0.15) is 11.9 Å². The molecule has 0 amide bonds. The molecule has 1 aliphatic heterocycles. The molecule has 0 saturated heterocycles. The molecule has 0 radical (unpaired) electrons. The summed E-state index contributed by atoms with van der Waals surface area (Å²) < 4.78 is 6.74. The van der Waals surface area contributed by atoms with Gasteiger partial charge < -0.3 is 9.84 Å². The lowest BCUT2D eigenvalue weighted by Crippen LogP contribution is -2.03. The summed E-state index contributed by atoms with van der Waals surface area (Å²) in [7, 11) is 0. The number of fused-ring (bicyclic) bond motifs is 2. The molecule has 2 aromatic carbocycles. The molecule has 2 aromatic rings. The molecule has 2 nitrogen and oxygen atoms in total. The third-order valence-electron chi connectivity index (χ3n) is 4.51. The summed E-state index contributed by atoms with van der Waals surface area (Å²) in [5.74, 6) is 0.867. The van der Waals surface area contributed by atoms with E-state index in [9.17, 15) is 5.11 Å². The number of halogens is 1. The third kappa shape index (κ3) is 2.29. The van der Waals surface area contributed by atoms with E-state index in [4.69, 9.17) is 4.74 Å². The zero-order valence-corrected chi connectivity index (χ0v) is 13.3. The number of hydrogen-bond donors (Lipinski definition) is 1. The largest absolute Gasteiger partial charge is 0.493 e. The molecule has 1 N–H and O–H groups in total. The van der Waals surface area contributed by atoms with E-state index in [1.807, 2.05) is 6.07 Å². The molecule has 1 atom stereocenters. The molecule has 4 rings (SSSR count). The van der Waals surface area contributed by atoms with E-state index in [0.717, 1.165) is 34.2 Å². The lowest BCUT2D eigenvalue weighted by molar-refractivity contribution is 0.213. The van der Waals surface area contributed by atoms with Crippen molar-refractivity contribution in [1.29, 1.82) is 0 Å². The quantitative estimate of drug-likeness (QED) is 0.893. The summed E-state index contributed by atoms with van der Waals surface area (Å²) in [6.07, 6.45) is 3.81. The predicted octanol–water partition coefficient (Wildman–Crippen LogP) is 3.95. The summed E-state index contributed by atoms with van der Waals surface area (Å²) in [6.45, 7) is 0.704. The second-order valence-corrected chi connectivity index (χ2v) is 6.78. The van der Waals surface area contributed by atoms with Gasteiger partial charge >= 0.3 is 0 Å². The number of ether oxygens (including phenoxy) is 1. The summed E-state index contributed by atoms with van der Waals surface area (Å²) in [5.41, 5.74) is 5.83. The minimum atomic E-state index is -0.625. The second kappa shape index (κ2) is 5.15. The molecule has 1 aliphatic carbocycles. The van der Waals surface area contributed by atoms with Crippen LogP contribution in [0.2, 0.25) is 0 Å². The first kappa shape index (κ1) is 13.4. The Kier molecular flexibility index (Phi) is 3.27. The molecular formula is C18H17BrO2. The van der Waals surface area contributed by atoms with E-state index < -0.39 is 6.10 Å². The normalized spacial score (nSPS) is 17.2. The van der Waals surface area contributed by atoms with Crippen molar-refractivity contribution in [1.82, 2.24) is 0 Å². The van der Waals surface area contributed by atoms with Crippen LogP contribution in [0.3, 0.4) is 0 Å². The van der Waals surface area contributed by atoms with Crippen molar-refractivity contribution < 1.29 is 9.84 Å². The van der Waals surface area contributed by atoms with Crippen molar-refractivity contribution in [3.63, 3.8) is 0 Å². The van der Waals surface area contributed by atoms with Crippen LogP contribution in [0.25, 0.3) is 0 Å². The van der Waals surface area contributed by atoms with Gasteiger partial charge in [0, 0.05) is 16.5 Å². The molecule has 108 valence electrons. The van der Waals surface area contributed by atoms with E-state index in [2.05, 4.69) is 40.2 Å². The minimum absolute atomic E-state index is 0.625. The zero-order valence-electron chi connectivity index (χ0n) is 11.7. The number of aliphatic hydroxyl groups excluding tert-OH is 1. The van der Waals surface area contributed by atoms with Crippen molar-refractivity contribution >= 4 is 15.9 Å². The topological polar surface area (TPSA) is 29.5 Å². The van der Waals surface area contributed by atoms with E-state index in [1.54, 1.807) is 0 Å². The molecule has 0 fully saturated rings. The van der Waals surface area contributed by atoms with Crippen LogP contribution in [0.5, 0.6) is 5.75 Å². The highest BCUT2D eigenvalue weighted by Crippen LogP contribution is 2.39. The van der Waals surface area contributed by atoms with Crippen LogP contribution in [-0.2, 0) is 19.3 Å². The lowest BCUT2D eigenvalue weighted by Gasteiger charge is -2.16. The van der Waals surface area contributed by atoms with Gasteiger partial charge in [-0.05, 0) is 53.6 Å². The van der Waals surface area contributed by atoms with Gasteiger partial charge in [-0.3, -0.25) is 0 Å². The molecule has 2 aliphatic rings. The first-order valence-corrected chi connectivity index (χ1v) is 8.26. The molecule has 1 heterocycles. The molecule has 21 heavy (non-hydrogen) atoms. The van der Waals surface area contributed by atoms with Gasteiger partial charge in [0.05, 0.1) is 6.61 Å². The Bertz CT molecular complexity index is 709. The van der Waals surface area contributed by atoms with Crippen molar-refractivity contribution in [3.8, 4) is 5.75 Å². The van der Waals surface area contributed by atoms with Crippen LogP contribution in [-0.4, -0.2) is 11.7 Å². The highest BCUT2D eigenvalue weighted by atomic mass is 79.9. The number of rotatable bonds is 2. The van der Waals surface area contributed by atoms with Crippen molar-refractivity contribution in [2.24, 2.45) is 0 Å². The van der Waals surface area contributed by atoms with Gasteiger partial charge in [-0.15, -0.1) is 0 Å². The molecule has 0 bridgehead atoms. The molecular weight excluding hydrogens is 328 g/mol. The number of aryl methyl sites for hydroxylation is 2.